The molecule has 0 unspecified atom stereocenters. The number of carbonyl (C=O) groups excluding carboxylic acids is 12. The standard InChI is InChI=1S/C22H23BrFN7O5.2C22H23ClFN7O5.C22H24ClN7O5/c2*1-13-6-7-16(15(24)9-13)27-21(33)18-19(23)29-31(28-18)12-36-22(34)30(3)20-14(5-4-8-26-20)11-35-17(32)10-25-2;1-13-6-7-16(15(23)9-13)27-21(33)18-19(24)29-31(28-18)12-36-22(34)30(3)20-14(5-4-8-26-20)11-35-17(32)10-25-2;1-14-6-7-17(16(23)9-14)27-21(32)18-10-26-30(28-18)13-35-22(33)29(3)20-15(5-4-8-25-20)12-34-19(31)11-24-2/h3*4-9,25H,10-12H2,1-3H3,(H,27,33);4-10,24H,11-13H2,1-3H3,(H,27,32). The van der Waals surface area contributed by atoms with Gasteiger partial charge in [-0.05, 0) is 167 Å². The van der Waals surface area contributed by atoms with Crippen LogP contribution in [0.1, 0.15) is 86.5 Å². The van der Waals surface area contributed by atoms with E-state index in [9.17, 15) is 70.7 Å². The maximum absolute atomic E-state index is 14.2. The Kier molecular flexibility index (Phi) is 42.1. The zero-order chi connectivity index (χ0) is 104. The molecule has 0 aliphatic heterocycles. The second-order valence-electron chi connectivity index (χ2n) is 29.6. The van der Waals surface area contributed by atoms with Gasteiger partial charge in [0.05, 0.1) is 65.2 Å². The second kappa shape index (κ2) is 54.4. The molecule has 0 aliphatic carbocycles. The van der Waals surface area contributed by atoms with Crippen LogP contribution in [-0.4, -0.2) is 234 Å². The summed E-state index contributed by atoms with van der Waals surface area (Å²) >= 11 is 21.3. The first-order valence-electron chi connectivity index (χ1n) is 42.0. The largest absolute Gasteiger partial charge is 0.460 e. The Balaban J connectivity index is 0.000000213. The van der Waals surface area contributed by atoms with Crippen LogP contribution in [0.5, 0.6) is 0 Å². The third-order valence-electron chi connectivity index (χ3n) is 18.6. The van der Waals surface area contributed by atoms with Gasteiger partial charge in [-0.15, -0.1) is 54.9 Å². The van der Waals surface area contributed by atoms with Crippen molar-refractivity contribution in [3.8, 4) is 0 Å². The first-order valence-corrected chi connectivity index (χ1v) is 43.9. The molecule has 8 heterocycles. The highest BCUT2D eigenvalue weighted by Crippen LogP contribution is 2.29. The molecule has 143 heavy (non-hydrogen) atoms. The summed E-state index contributed by atoms with van der Waals surface area (Å²) in [5, 5.41) is 51.9. The van der Waals surface area contributed by atoms with Crippen molar-refractivity contribution in [2.45, 2.75) is 81.0 Å². The Morgan fingerprint density at radius 2 is 0.657 bits per heavy atom. The minimum absolute atomic E-state index is 0.0112. The lowest BCUT2D eigenvalue weighted by atomic mass is 10.2. The third kappa shape index (κ3) is 33.3. The van der Waals surface area contributed by atoms with Crippen molar-refractivity contribution in [1.29, 1.82) is 0 Å². The summed E-state index contributed by atoms with van der Waals surface area (Å²) in [5.74, 6) is -6.20. The molecule has 754 valence electrons. The normalized spacial score (nSPS) is 10.6. The van der Waals surface area contributed by atoms with Crippen molar-refractivity contribution in [3.05, 3.63) is 257 Å². The van der Waals surface area contributed by atoms with Crippen molar-refractivity contribution in [2.24, 2.45) is 0 Å². The van der Waals surface area contributed by atoms with Gasteiger partial charge in [0.15, 0.2) is 26.8 Å². The van der Waals surface area contributed by atoms with Gasteiger partial charge in [-0.3, -0.25) is 58.0 Å². The molecule has 12 rings (SSSR count). The maximum atomic E-state index is 14.2. The fourth-order valence-corrected chi connectivity index (χ4v) is 12.9. The number of aromatic nitrogens is 16. The summed E-state index contributed by atoms with van der Waals surface area (Å²) in [4.78, 5) is 171. The van der Waals surface area contributed by atoms with Crippen LogP contribution >= 0.6 is 50.7 Å². The highest BCUT2D eigenvalue weighted by Gasteiger charge is 2.29. The lowest BCUT2D eigenvalue weighted by Crippen LogP contribution is -2.30. The average molecular weight is 2110 g/mol. The Labute approximate surface area is 835 Å². The molecule has 8 amide bonds. The summed E-state index contributed by atoms with van der Waals surface area (Å²) in [6.45, 7) is 5.12. The number of rotatable bonds is 36. The number of nitrogens with one attached hydrogen (secondary N) is 8. The van der Waals surface area contributed by atoms with Crippen molar-refractivity contribution < 1.29 is 109 Å². The molecular formula is C88H93BrCl3F3N28O20. The van der Waals surface area contributed by atoms with E-state index in [1.807, 2.05) is 19.9 Å². The first-order chi connectivity index (χ1) is 68.3. The van der Waals surface area contributed by atoms with Crippen LogP contribution < -0.4 is 62.1 Å². The Morgan fingerprint density at radius 3 is 1.01 bits per heavy atom. The molecule has 8 N–H and O–H groups in total. The third-order valence-corrected chi connectivity index (χ3v) is 20.1. The number of nitrogens with zero attached hydrogens (tertiary/aromatic N) is 20. The van der Waals surface area contributed by atoms with Crippen LogP contribution in [0.15, 0.2) is 157 Å². The molecule has 0 saturated heterocycles. The van der Waals surface area contributed by atoms with Crippen molar-refractivity contribution in [1.82, 2.24) is 101 Å². The van der Waals surface area contributed by atoms with Crippen LogP contribution in [0.4, 0.5) is 78.4 Å². The van der Waals surface area contributed by atoms with Gasteiger partial charge in [-0.2, -0.15) is 9.49 Å². The van der Waals surface area contributed by atoms with E-state index in [1.165, 1.54) is 83.4 Å². The van der Waals surface area contributed by atoms with Crippen LogP contribution in [-0.2, 0) is 110 Å². The van der Waals surface area contributed by atoms with Gasteiger partial charge >= 0.3 is 48.3 Å². The number of carbonyl (C=O) groups is 12. The van der Waals surface area contributed by atoms with Crippen LogP contribution in [0.25, 0.3) is 0 Å². The average Bonchev–Trinajstić information content (AvgIpc) is 1.08. The maximum Gasteiger partial charge on any atom is 0.417 e. The fourth-order valence-electron chi connectivity index (χ4n) is 11.6. The summed E-state index contributed by atoms with van der Waals surface area (Å²) in [5.41, 5.74) is 4.82. The van der Waals surface area contributed by atoms with Gasteiger partial charge in [0.25, 0.3) is 29.6 Å². The number of halogens is 7. The molecule has 8 aromatic heterocycles. The zero-order valence-corrected chi connectivity index (χ0v) is 82.0. The minimum atomic E-state index is -1.16. The molecule has 0 saturated carbocycles. The van der Waals surface area contributed by atoms with Crippen molar-refractivity contribution in [3.63, 3.8) is 0 Å². The lowest BCUT2D eigenvalue weighted by molar-refractivity contribution is -0.144. The number of benzene rings is 4. The van der Waals surface area contributed by atoms with E-state index in [0.717, 1.165) is 45.1 Å². The molecule has 55 heteroatoms. The van der Waals surface area contributed by atoms with Gasteiger partial charge < -0.3 is 80.4 Å². The van der Waals surface area contributed by atoms with Gasteiger partial charge in [-0.1, -0.05) is 83.3 Å². The molecule has 4 aromatic carbocycles. The molecule has 0 spiro atoms. The Bertz CT molecular complexity index is 6100. The van der Waals surface area contributed by atoms with E-state index < -0.39 is 115 Å². The zero-order valence-electron chi connectivity index (χ0n) is 78.2. The van der Waals surface area contributed by atoms with Crippen LogP contribution in [0.3, 0.4) is 0 Å². The smallest absolute Gasteiger partial charge is 0.417 e. The van der Waals surface area contributed by atoms with Gasteiger partial charge in [0, 0.05) is 75.2 Å². The number of ether oxygens (including phenoxy) is 8. The number of hydrogen-bond acceptors (Lipinski definition) is 36. The molecule has 0 atom stereocenters. The number of hydrogen-bond donors (Lipinski definition) is 8. The monoisotopic (exact) mass is 2100 g/mol. The van der Waals surface area contributed by atoms with Gasteiger partial charge in [0.1, 0.15) is 61.3 Å². The van der Waals surface area contributed by atoms with Crippen LogP contribution in [0, 0.1) is 45.3 Å². The van der Waals surface area contributed by atoms with E-state index in [2.05, 4.69) is 119 Å². The number of pyridine rings is 4. The molecular weight excluding hydrogens is 2010 g/mol. The molecule has 0 radical (unpaired) electrons. The second-order valence-corrected chi connectivity index (χ2v) is 31.5. The summed E-state index contributed by atoms with van der Waals surface area (Å²) < 4.78 is 83.7. The lowest BCUT2D eigenvalue weighted by Gasteiger charge is -2.18. The number of esters is 4. The molecule has 48 nitrogen and oxygen atoms in total. The van der Waals surface area contributed by atoms with E-state index in [4.69, 9.17) is 72.7 Å². The number of aryl methyl sites for hydroxylation is 4. The predicted molar refractivity (Wildman–Crippen MR) is 511 cm³/mol. The Hall–Kier alpha value is -16.1. The summed E-state index contributed by atoms with van der Waals surface area (Å²) in [6, 6.07) is 32.0. The fraction of sp³-hybridized carbons (Fsp3) is 0.273. The van der Waals surface area contributed by atoms with Crippen molar-refractivity contribution in [2.75, 3.05) is 123 Å². The molecule has 0 fully saturated rings. The number of amides is 8. The SMILES string of the molecule is CNCC(=O)OCc1cccnc1N(C)C(=O)OCn1nc(Br)c(C(=O)Nc2ccc(C)cc2F)n1.CNCC(=O)OCc1cccnc1N(C)C(=O)OCn1nc(Cl)c(C(=O)Nc2ccc(C)cc2F)n1.CNCC(=O)OCc1cccnc1N(C)C(=O)OCn1nc(F)c(C(=O)Nc2ccc(C)cc2Cl)n1.CNCC(=O)OCc1cccnc1N(C)C(=O)OCn1ncc(C(=O)Nc2ccc(C)cc2Cl)n1. The van der Waals surface area contributed by atoms with Gasteiger partial charge in [-0.25, -0.2) is 47.9 Å². The number of anilines is 8. The Morgan fingerprint density at radius 1 is 0.357 bits per heavy atom. The van der Waals surface area contributed by atoms with E-state index in [-0.39, 0.29) is 132 Å². The predicted octanol–water partition coefficient (Wildman–Crippen LogP) is 10.0. The van der Waals surface area contributed by atoms with Crippen molar-refractivity contribution >= 4 is 169 Å². The van der Waals surface area contributed by atoms with Crippen LogP contribution in [0.2, 0.25) is 15.2 Å². The van der Waals surface area contributed by atoms with E-state index >= 15 is 0 Å². The molecule has 0 bridgehead atoms. The molecule has 0 aliphatic rings. The first kappa shape index (κ1) is 110. The topological polar surface area (TPSA) is 562 Å². The molecule has 12 aromatic rings. The minimum Gasteiger partial charge on any atom is -0.460 e. The van der Waals surface area contributed by atoms with E-state index in [1.54, 1.807) is 133 Å². The summed E-state index contributed by atoms with van der Waals surface area (Å²) in [6.07, 6.45) is 3.90. The highest BCUT2D eigenvalue weighted by molar-refractivity contribution is 9.10. The summed E-state index contributed by atoms with van der Waals surface area (Å²) in [7, 11) is 12.2. The number of likely N-dealkylation sites (N-methyl/N-ethyl adjacent to an activating group) is 4. The van der Waals surface area contributed by atoms with E-state index in [0.29, 0.717) is 48.9 Å². The van der Waals surface area contributed by atoms with Gasteiger partial charge in [0.2, 0.25) is 32.6 Å². The highest BCUT2D eigenvalue weighted by atomic mass is 79.9. The quantitative estimate of drug-likeness (QED) is 0.0134.